The van der Waals surface area contributed by atoms with Crippen molar-refractivity contribution >= 4 is 17.5 Å². The van der Waals surface area contributed by atoms with Gasteiger partial charge in [0.15, 0.2) is 11.0 Å². The van der Waals surface area contributed by atoms with Crippen molar-refractivity contribution in [3.05, 3.63) is 23.1 Å². The number of halogens is 1. The van der Waals surface area contributed by atoms with Crippen molar-refractivity contribution in [3.8, 4) is 0 Å². The van der Waals surface area contributed by atoms with E-state index in [2.05, 4.69) is 5.32 Å². The van der Waals surface area contributed by atoms with Crippen LogP contribution >= 0.6 is 11.6 Å². The van der Waals surface area contributed by atoms with Gasteiger partial charge in [-0.3, -0.25) is 4.79 Å². The number of nitrogens with zero attached hydrogens (tertiary/aromatic N) is 1. The minimum atomic E-state index is -0.0326. The summed E-state index contributed by atoms with van der Waals surface area (Å²) in [7, 11) is 0. The summed E-state index contributed by atoms with van der Waals surface area (Å²) in [6.07, 6.45) is 2.16. The zero-order chi connectivity index (χ0) is 12.5. The van der Waals surface area contributed by atoms with Crippen molar-refractivity contribution in [1.29, 1.82) is 0 Å². The maximum Gasteiger partial charge on any atom is 0.289 e. The number of likely N-dealkylation sites (tertiary alicyclic amines) is 1. The minimum Gasteiger partial charge on any atom is -0.440 e. The van der Waals surface area contributed by atoms with E-state index in [1.807, 2.05) is 4.90 Å². The fraction of sp³-hybridized carbons (Fsp3) is 0.615. The lowest BCUT2D eigenvalue weighted by molar-refractivity contribution is 0.0726. The van der Waals surface area contributed by atoms with Crippen LogP contribution in [0.2, 0.25) is 5.22 Å². The number of fused-ring (bicyclic) bond motifs is 1. The van der Waals surface area contributed by atoms with E-state index in [4.69, 9.17) is 16.0 Å². The fourth-order valence-electron chi connectivity index (χ4n) is 3.01. The third-order valence-electron chi connectivity index (χ3n) is 4.09. The first-order valence-corrected chi connectivity index (χ1v) is 6.87. The van der Waals surface area contributed by atoms with E-state index in [1.54, 1.807) is 12.1 Å². The fourth-order valence-corrected chi connectivity index (χ4v) is 3.15. The van der Waals surface area contributed by atoms with Crippen LogP contribution in [0, 0.1) is 11.8 Å². The van der Waals surface area contributed by atoms with Gasteiger partial charge in [0.25, 0.3) is 5.91 Å². The highest BCUT2D eigenvalue weighted by Gasteiger charge is 2.32. The Morgan fingerprint density at radius 1 is 1.28 bits per heavy atom. The van der Waals surface area contributed by atoms with E-state index in [0.717, 1.165) is 50.9 Å². The van der Waals surface area contributed by atoms with Gasteiger partial charge in [-0.2, -0.15) is 0 Å². The molecule has 4 nitrogen and oxygen atoms in total. The first-order chi connectivity index (χ1) is 8.74. The summed E-state index contributed by atoms with van der Waals surface area (Å²) in [5.74, 6) is 1.77. The molecule has 3 rings (SSSR count). The molecule has 1 N–H and O–H groups in total. The van der Waals surface area contributed by atoms with Gasteiger partial charge in [-0.05, 0) is 61.5 Å². The SMILES string of the molecule is O=C(c1ccc(Cl)o1)N1CC[C@@H]2CNC[C@@H]2CC1. The number of carbonyl (C=O) groups is 1. The first-order valence-electron chi connectivity index (χ1n) is 6.49. The molecular weight excluding hydrogens is 252 g/mol. The Morgan fingerprint density at radius 3 is 2.50 bits per heavy atom. The first kappa shape index (κ1) is 12.1. The summed E-state index contributed by atoms with van der Waals surface area (Å²) < 4.78 is 5.20. The normalized spacial score (nSPS) is 27.9. The smallest absolute Gasteiger partial charge is 0.289 e. The minimum absolute atomic E-state index is 0.0326. The molecule has 0 radical (unpaired) electrons. The summed E-state index contributed by atoms with van der Waals surface area (Å²) in [5.41, 5.74) is 0. The molecule has 2 aliphatic rings. The number of rotatable bonds is 1. The largest absolute Gasteiger partial charge is 0.440 e. The highest BCUT2D eigenvalue weighted by atomic mass is 35.5. The van der Waals surface area contributed by atoms with Crippen LogP contribution in [0.4, 0.5) is 0 Å². The number of carbonyl (C=O) groups excluding carboxylic acids is 1. The van der Waals surface area contributed by atoms with Crippen molar-refractivity contribution in [1.82, 2.24) is 10.2 Å². The lowest BCUT2D eigenvalue weighted by atomic mass is 9.92. The molecule has 0 aliphatic carbocycles. The highest BCUT2D eigenvalue weighted by Crippen LogP contribution is 2.28. The number of furan rings is 1. The topological polar surface area (TPSA) is 45.5 Å². The maximum absolute atomic E-state index is 12.2. The second kappa shape index (κ2) is 4.94. The lowest BCUT2D eigenvalue weighted by Crippen LogP contribution is -2.32. The van der Waals surface area contributed by atoms with Gasteiger partial charge in [-0.15, -0.1) is 0 Å². The van der Waals surface area contributed by atoms with Crippen LogP contribution in [0.25, 0.3) is 0 Å². The zero-order valence-corrected chi connectivity index (χ0v) is 10.9. The van der Waals surface area contributed by atoms with Gasteiger partial charge < -0.3 is 14.6 Å². The Labute approximate surface area is 111 Å². The van der Waals surface area contributed by atoms with E-state index in [0.29, 0.717) is 5.76 Å². The van der Waals surface area contributed by atoms with Gasteiger partial charge in [0, 0.05) is 13.1 Å². The van der Waals surface area contributed by atoms with Gasteiger partial charge >= 0.3 is 0 Å². The van der Waals surface area contributed by atoms with Gasteiger partial charge in [-0.1, -0.05) is 0 Å². The lowest BCUT2D eigenvalue weighted by Gasteiger charge is -2.19. The Kier molecular flexibility index (Phi) is 3.31. The van der Waals surface area contributed by atoms with Crippen LogP contribution in [-0.2, 0) is 0 Å². The molecular formula is C13H17ClN2O2. The molecule has 2 atom stereocenters. The molecule has 2 saturated heterocycles. The van der Waals surface area contributed by atoms with Crippen LogP contribution in [-0.4, -0.2) is 37.0 Å². The van der Waals surface area contributed by atoms with Crippen LogP contribution in [0.15, 0.2) is 16.5 Å². The Bertz CT molecular complexity index is 432. The standard InChI is InChI=1S/C13H17ClN2O2/c14-12-2-1-11(18-12)13(17)16-5-3-9-7-15-8-10(9)4-6-16/h1-2,9-10,15H,3-8H2/t9-,10+. The van der Waals surface area contributed by atoms with Gasteiger partial charge in [0.2, 0.25) is 0 Å². The monoisotopic (exact) mass is 268 g/mol. The third kappa shape index (κ3) is 2.27. The van der Waals surface area contributed by atoms with Crippen molar-refractivity contribution in [3.63, 3.8) is 0 Å². The van der Waals surface area contributed by atoms with Crippen molar-refractivity contribution in [2.75, 3.05) is 26.2 Å². The molecule has 3 heterocycles. The van der Waals surface area contributed by atoms with Crippen LogP contribution < -0.4 is 5.32 Å². The molecule has 0 unspecified atom stereocenters. The van der Waals surface area contributed by atoms with E-state index < -0.39 is 0 Å². The average molecular weight is 269 g/mol. The molecule has 0 spiro atoms. The molecule has 5 heteroatoms. The highest BCUT2D eigenvalue weighted by molar-refractivity contribution is 6.29. The second-order valence-electron chi connectivity index (χ2n) is 5.15. The van der Waals surface area contributed by atoms with E-state index >= 15 is 0 Å². The van der Waals surface area contributed by atoms with Crippen LogP contribution in [0.3, 0.4) is 0 Å². The summed E-state index contributed by atoms with van der Waals surface area (Å²) in [4.78, 5) is 14.1. The third-order valence-corrected chi connectivity index (χ3v) is 4.29. The molecule has 18 heavy (non-hydrogen) atoms. The predicted molar refractivity (Wildman–Crippen MR) is 68.7 cm³/mol. The molecule has 1 aromatic heterocycles. The van der Waals surface area contributed by atoms with Gasteiger partial charge in [-0.25, -0.2) is 0 Å². The van der Waals surface area contributed by atoms with E-state index in [1.165, 1.54) is 0 Å². The summed E-state index contributed by atoms with van der Waals surface area (Å²) in [5, 5.41) is 3.70. The molecule has 0 saturated carbocycles. The summed E-state index contributed by atoms with van der Waals surface area (Å²) in [6.45, 7) is 3.83. The van der Waals surface area contributed by atoms with Crippen molar-refractivity contribution in [2.45, 2.75) is 12.8 Å². The molecule has 2 fully saturated rings. The number of nitrogens with one attached hydrogen (secondary N) is 1. The second-order valence-corrected chi connectivity index (χ2v) is 5.52. The number of hydrogen-bond donors (Lipinski definition) is 1. The Hall–Kier alpha value is -1.00. The molecule has 2 aliphatic heterocycles. The van der Waals surface area contributed by atoms with Gasteiger partial charge in [0.1, 0.15) is 0 Å². The molecule has 1 amide bonds. The van der Waals surface area contributed by atoms with Crippen molar-refractivity contribution in [2.24, 2.45) is 11.8 Å². The van der Waals surface area contributed by atoms with Crippen molar-refractivity contribution < 1.29 is 9.21 Å². The number of amides is 1. The molecule has 98 valence electrons. The molecule has 1 aromatic rings. The average Bonchev–Trinajstić information content (AvgIpc) is 2.94. The Balaban J connectivity index is 1.68. The van der Waals surface area contributed by atoms with Gasteiger partial charge in [0.05, 0.1) is 0 Å². The van der Waals surface area contributed by atoms with Crippen LogP contribution in [0.5, 0.6) is 0 Å². The van der Waals surface area contributed by atoms with E-state index in [-0.39, 0.29) is 11.1 Å². The molecule has 0 bridgehead atoms. The molecule has 0 aromatic carbocycles. The predicted octanol–water partition coefficient (Wildman–Crippen LogP) is 2.00. The quantitative estimate of drug-likeness (QED) is 0.847. The maximum atomic E-state index is 12.2. The number of hydrogen-bond acceptors (Lipinski definition) is 3. The zero-order valence-electron chi connectivity index (χ0n) is 10.2. The van der Waals surface area contributed by atoms with E-state index in [9.17, 15) is 4.79 Å². The van der Waals surface area contributed by atoms with Crippen LogP contribution in [0.1, 0.15) is 23.4 Å². The summed E-state index contributed by atoms with van der Waals surface area (Å²) in [6, 6.07) is 3.27. The summed E-state index contributed by atoms with van der Waals surface area (Å²) >= 11 is 5.71. The Morgan fingerprint density at radius 2 is 1.94 bits per heavy atom.